The zero-order chi connectivity index (χ0) is 14.8. The number of nitrogens with zero attached hydrogens (tertiary/aromatic N) is 1. The Bertz CT molecular complexity index is 839. The summed E-state index contributed by atoms with van der Waals surface area (Å²) < 4.78 is 0. The van der Waals surface area contributed by atoms with E-state index in [4.69, 9.17) is 0 Å². The molecule has 2 N–H and O–H groups in total. The Morgan fingerprint density at radius 2 is 1.95 bits per heavy atom. The molecule has 1 aromatic heterocycles. The van der Waals surface area contributed by atoms with Crippen molar-refractivity contribution in [1.82, 2.24) is 4.98 Å². The van der Waals surface area contributed by atoms with Crippen LogP contribution >= 0.6 is 0 Å². The second kappa shape index (κ2) is 5.09. The van der Waals surface area contributed by atoms with E-state index in [-0.39, 0.29) is 11.6 Å². The van der Waals surface area contributed by atoms with E-state index in [9.17, 15) is 14.9 Å². The van der Waals surface area contributed by atoms with Crippen molar-refractivity contribution in [3.63, 3.8) is 0 Å². The summed E-state index contributed by atoms with van der Waals surface area (Å²) in [6.07, 6.45) is 1.76. The van der Waals surface area contributed by atoms with Crippen molar-refractivity contribution in [2.24, 2.45) is 0 Å². The van der Waals surface area contributed by atoms with Gasteiger partial charge in [0.1, 0.15) is 0 Å². The fourth-order valence-corrected chi connectivity index (χ4v) is 2.18. The molecule has 0 unspecified atom stereocenters. The van der Waals surface area contributed by atoms with E-state index in [1.165, 1.54) is 18.2 Å². The number of anilines is 1. The number of carbonyl (C=O) groups is 1. The maximum absolute atomic E-state index is 12.3. The quantitative estimate of drug-likeness (QED) is 0.570. The molecule has 0 saturated carbocycles. The number of aromatic nitrogens is 1. The second-order valence-corrected chi connectivity index (χ2v) is 4.51. The summed E-state index contributed by atoms with van der Waals surface area (Å²) in [5, 5.41) is 14.2. The molecule has 0 bridgehead atoms. The smallest absolute Gasteiger partial charge is 0.271 e. The zero-order valence-electron chi connectivity index (χ0n) is 10.9. The summed E-state index contributed by atoms with van der Waals surface area (Å²) in [6, 6.07) is 13.0. The van der Waals surface area contributed by atoms with E-state index >= 15 is 0 Å². The predicted octanol–water partition coefficient (Wildman–Crippen LogP) is 3.33. The Hall–Kier alpha value is -3.15. The average Bonchev–Trinajstić information content (AvgIpc) is 2.95. The van der Waals surface area contributed by atoms with Crippen molar-refractivity contribution >= 4 is 28.2 Å². The summed E-state index contributed by atoms with van der Waals surface area (Å²) in [5.74, 6) is -0.305. The third kappa shape index (κ3) is 2.46. The summed E-state index contributed by atoms with van der Waals surface area (Å²) in [7, 11) is 0. The first kappa shape index (κ1) is 12.9. The molecule has 0 aliphatic carbocycles. The van der Waals surface area contributed by atoms with E-state index in [2.05, 4.69) is 10.3 Å². The number of nitro benzene ring substituents is 1. The van der Waals surface area contributed by atoms with Crippen LogP contribution in [0.1, 0.15) is 10.4 Å². The molecule has 0 fully saturated rings. The van der Waals surface area contributed by atoms with Crippen LogP contribution in [-0.2, 0) is 0 Å². The molecule has 3 rings (SSSR count). The Kier molecular flexibility index (Phi) is 3.12. The molecule has 0 radical (unpaired) electrons. The first-order valence-electron chi connectivity index (χ1n) is 6.27. The number of hydrogen-bond acceptors (Lipinski definition) is 3. The molecule has 6 heteroatoms. The van der Waals surface area contributed by atoms with E-state index < -0.39 is 4.92 Å². The van der Waals surface area contributed by atoms with Crippen LogP contribution in [0.25, 0.3) is 10.9 Å². The largest absolute Gasteiger partial charge is 0.361 e. The predicted molar refractivity (Wildman–Crippen MR) is 79.3 cm³/mol. The molecule has 2 aromatic carbocycles. The number of amides is 1. The number of hydrogen-bond donors (Lipinski definition) is 2. The highest BCUT2D eigenvalue weighted by molar-refractivity contribution is 6.12. The highest BCUT2D eigenvalue weighted by Crippen LogP contribution is 2.21. The van der Waals surface area contributed by atoms with Gasteiger partial charge in [-0.3, -0.25) is 14.9 Å². The number of benzene rings is 2. The van der Waals surface area contributed by atoms with Crippen LogP contribution in [0.3, 0.4) is 0 Å². The van der Waals surface area contributed by atoms with Crippen LogP contribution in [0.2, 0.25) is 0 Å². The van der Waals surface area contributed by atoms with Gasteiger partial charge in [-0.15, -0.1) is 0 Å². The van der Waals surface area contributed by atoms with Gasteiger partial charge < -0.3 is 10.3 Å². The highest BCUT2D eigenvalue weighted by Gasteiger charge is 2.12. The van der Waals surface area contributed by atoms with Crippen LogP contribution in [0.15, 0.2) is 54.7 Å². The monoisotopic (exact) mass is 281 g/mol. The minimum absolute atomic E-state index is 0.0624. The Morgan fingerprint density at radius 1 is 1.14 bits per heavy atom. The van der Waals surface area contributed by atoms with Crippen molar-refractivity contribution in [2.45, 2.75) is 0 Å². The molecular weight excluding hydrogens is 270 g/mol. The Labute approximate surface area is 119 Å². The summed E-state index contributed by atoms with van der Waals surface area (Å²) >= 11 is 0. The molecule has 3 aromatic rings. The third-order valence-corrected chi connectivity index (χ3v) is 3.15. The molecule has 6 nitrogen and oxygen atoms in total. The average molecular weight is 281 g/mol. The van der Waals surface area contributed by atoms with Crippen molar-refractivity contribution in [3.05, 3.63) is 70.4 Å². The SMILES string of the molecule is O=C(Nc1cccc([N+](=O)[O-])c1)c1cccc2[nH]ccc12. The number of nitrogens with one attached hydrogen (secondary N) is 2. The minimum Gasteiger partial charge on any atom is -0.361 e. The Balaban J connectivity index is 1.91. The van der Waals surface area contributed by atoms with Crippen molar-refractivity contribution in [3.8, 4) is 0 Å². The van der Waals surface area contributed by atoms with E-state index in [0.717, 1.165) is 10.9 Å². The molecule has 0 saturated heterocycles. The number of nitro groups is 1. The number of fused-ring (bicyclic) bond motifs is 1. The molecule has 0 aliphatic heterocycles. The van der Waals surface area contributed by atoms with Gasteiger partial charge in [-0.2, -0.15) is 0 Å². The topological polar surface area (TPSA) is 88.0 Å². The maximum Gasteiger partial charge on any atom is 0.271 e. The lowest BCUT2D eigenvalue weighted by Gasteiger charge is -2.06. The van der Waals surface area contributed by atoms with E-state index in [0.29, 0.717) is 11.3 Å². The van der Waals surface area contributed by atoms with Gasteiger partial charge in [0.15, 0.2) is 0 Å². The van der Waals surface area contributed by atoms with Gasteiger partial charge in [0.2, 0.25) is 0 Å². The van der Waals surface area contributed by atoms with Crippen LogP contribution in [0.4, 0.5) is 11.4 Å². The number of non-ortho nitro benzene ring substituents is 1. The minimum atomic E-state index is -0.497. The van der Waals surface area contributed by atoms with Gasteiger partial charge in [-0.1, -0.05) is 12.1 Å². The summed E-state index contributed by atoms with van der Waals surface area (Å²) in [6.45, 7) is 0. The molecule has 1 amide bonds. The van der Waals surface area contributed by atoms with Crippen LogP contribution < -0.4 is 5.32 Å². The maximum atomic E-state index is 12.3. The normalized spacial score (nSPS) is 10.5. The van der Waals surface area contributed by atoms with Crippen LogP contribution in [-0.4, -0.2) is 15.8 Å². The second-order valence-electron chi connectivity index (χ2n) is 4.51. The lowest BCUT2D eigenvalue weighted by Crippen LogP contribution is -2.12. The number of carbonyl (C=O) groups excluding carboxylic acids is 1. The van der Waals surface area contributed by atoms with E-state index in [1.807, 2.05) is 12.1 Å². The lowest BCUT2D eigenvalue weighted by atomic mass is 10.1. The molecule has 0 spiro atoms. The first-order valence-corrected chi connectivity index (χ1v) is 6.27. The van der Waals surface area contributed by atoms with Gasteiger partial charge in [0, 0.05) is 40.5 Å². The fourth-order valence-electron chi connectivity index (χ4n) is 2.18. The van der Waals surface area contributed by atoms with Gasteiger partial charge >= 0.3 is 0 Å². The molecule has 1 heterocycles. The van der Waals surface area contributed by atoms with Crippen molar-refractivity contribution in [2.75, 3.05) is 5.32 Å². The highest BCUT2D eigenvalue weighted by atomic mass is 16.6. The number of rotatable bonds is 3. The molecule has 0 aliphatic rings. The first-order chi connectivity index (χ1) is 10.1. The van der Waals surface area contributed by atoms with Gasteiger partial charge in [-0.05, 0) is 24.3 Å². The molecular formula is C15H11N3O3. The third-order valence-electron chi connectivity index (χ3n) is 3.15. The molecule has 104 valence electrons. The zero-order valence-corrected chi connectivity index (χ0v) is 10.9. The molecule has 0 atom stereocenters. The lowest BCUT2D eigenvalue weighted by molar-refractivity contribution is -0.384. The molecule has 21 heavy (non-hydrogen) atoms. The summed E-state index contributed by atoms with van der Waals surface area (Å²) in [5.41, 5.74) is 1.70. The number of H-pyrrole nitrogens is 1. The Morgan fingerprint density at radius 3 is 2.76 bits per heavy atom. The van der Waals surface area contributed by atoms with Crippen molar-refractivity contribution in [1.29, 1.82) is 0 Å². The standard InChI is InChI=1S/C15H11N3O3/c19-15(13-5-2-6-14-12(13)7-8-16-14)17-10-3-1-4-11(9-10)18(20)21/h1-9,16H,(H,17,19). The van der Waals surface area contributed by atoms with Crippen LogP contribution in [0, 0.1) is 10.1 Å². The van der Waals surface area contributed by atoms with Gasteiger partial charge in [0.25, 0.3) is 11.6 Å². The van der Waals surface area contributed by atoms with Crippen LogP contribution in [0.5, 0.6) is 0 Å². The van der Waals surface area contributed by atoms with Gasteiger partial charge in [0.05, 0.1) is 4.92 Å². The number of aromatic amines is 1. The van der Waals surface area contributed by atoms with Gasteiger partial charge in [-0.25, -0.2) is 0 Å². The van der Waals surface area contributed by atoms with E-state index in [1.54, 1.807) is 24.4 Å². The van der Waals surface area contributed by atoms with Crippen molar-refractivity contribution < 1.29 is 9.72 Å². The summed E-state index contributed by atoms with van der Waals surface area (Å²) in [4.78, 5) is 25.6. The fraction of sp³-hybridized carbons (Fsp3) is 0.